The van der Waals surface area contributed by atoms with Gasteiger partial charge in [-0.3, -0.25) is 9.69 Å². The Morgan fingerprint density at radius 1 is 1.12 bits per heavy atom. The Bertz CT molecular complexity index is 581. The van der Waals surface area contributed by atoms with Crippen molar-refractivity contribution in [2.24, 2.45) is 0 Å². The normalized spacial score (nSPS) is 15.3. The highest BCUT2D eigenvalue weighted by molar-refractivity contribution is 6.01. The number of nitrogens with one attached hydrogen (secondary N) is 1. The van der Waals surface area contributed by atoms with Crippen LogP contribution in [0.3, 0.4) is 0 Å². The number of aromatic carboxylic acids is 1. The molecule has 1 aromatic carbocycles. The van der Waals surface area contributed by atoms with E-state index in [0.29, 0.717) is 12.1 Å². The molecule has 6 heteroatoms. The fourth-order valence-corrected chi connectivity index (χ4v) is 3.00. The van der Waals surface area contributed by atoms with E-state index in [9.17, 15) is 14.7 Å². The van der Waals surface area contributed by atoms with E-state index in [1.165, 1.54) is 0 Å². The smallest absolute Gasteiger partial charge is 0.337 e. The van der Waals surface area contributed by atoms with Gasteiger partial charge >= 0.3 is 5.97 Å². The number of carbonyl (C=O) groups excluding carboxylic acids is 1. The van der Waals surface area contributed by atoms with E-state index in [1.807, 2.05) is 13.0 Å². The van der Waals surface area contributed by atoms with E-state index in [1.54, 1.807) is 12.1 Å². The first-order valence-electron chi connectivity index (χ1n) is 8.69. The molecule has 0 spiro atoms. The van der Waals surface area contributed by atoms with Crippen LogP contribution in [0.4, 0.5) is 11.4 Å². The topological polar surface area (TPSA) is 72.9 Å². The number of hydrogen-bond donors (Lipinski definition) is 2. The summed E-state index contributed by atoms with van der Waals surface area (Å²) >= 11 is 0. The zero-order valence-electron chi connectivity index (χ0n) is 14.5. The van der Waals surface area contributed by atoms with Crippen molar-refractivity contribution in [3.63, 3.8) is 0 Å². The molecule has 1 aliphatic rings. The van der Waals surface area contributed by atoms with Crippen LogP contribution in [-0.2, 0) is 4.79 Å². The highest BCUT2D eigenvalue weighted by atomic mass is 16.4. The molecule has 1 fully saturated rings. The van der Waals surface area contributed by atoms with Crippen LogP contribution in [0.1, 0.15) is 43.5 Å². The first-order chi connectivity index (χ1) is 11.5. The lowest BCUT2D eigenvalue weighted by Gasteiger charge is -2.36. The van der Waals surface area contributed by atoms with Crippen LogP contribution in [0, 0.1) is 0 Å². The van der Waals surface area contributed by atoms with E-state index in [2.05, 4.69) is 22.0 Å². The lowest BCUT2D eigenvalue weighted by molar-refractivity contribution is -0.116. The summed E-state index contributed by atoms with van der Waals surface area (Å²) in [6, 6.07) is 5.26. The number of benzene rings is 1. The molecule has 6 nitrogen and oxygen atoms in total. The SMILES string of the molecule is CCCC(=O)Nc1ccc(N2CCN(CCC)CC2)cc1C(=O)O. The summed E-state index contributed by atoms with van der Waals surface area (Å²) in [6.45, 7) is 8.96. The van der Waals surface area contributed by atoms with Crippen molar-refractivity contribution < 1.29 is 14.7 Å². The molecule has 0 aliphatic carbocycles. The van der Waals surface area contributed by atoms with Gasteiger partial charge in [0, 0.05) is 38.3 Å². The number of anilines is 2. The number of carboxylic acids is 1. The molecule has 1 aromatic rings. The summed E-state index contributed by atoms with van der Waals surface area (Å²) in [6.07, 6.45) is 2.27. The van der Waals surface area contributed by atoms with Crippen molar-refractivity contribution in [2.45, 2.75) is 33.1 Å². The molecule has 1 heterocycles. The van der Waals surface area contributed by atoms with E-state index in [-0.39, 0.29) is 11.5 Å². The van der Waals surface area contributed by atoms with Gasteiger partial charge in [-0.15, -0.1) is 0 Å². The molecule has 132 valence electrons. The standard InChI is InChI=1S/C18H27N3O3/c1-3-5-17(22)19-16-7-6-14(13-15(16)18(23)24)21-11-9-20(8-4-2)10-12-21/h6-7,13H,3-5,8-12H2,1-2H3,(H,19,22)(H,23,24). The highest BCUT2D eigenvalue weighted by Crippen LogP contribution is 2.25. The molecular formula is C18H27N3O3. The summed E-state index contributed by atoms with van der Waals surface area (Å²) in [5.74, 6) is -1.17. The molecule has 2 rings (SSSR count). The Kier molecular flexibility index (Phi) is 6.61. The van der Waals surface area contributed by atoms with Crippen molar-refractivity contribution in [1.29, 1.82) is 0 Å². The van der Waals surface area contributed by atoms with E-state index >= 15 is 0 Å². The summed E-state index contributed by atoms with van der Waals surface area (Å²) < 4.78 is 0. The number of amides is 1. The molecule has 24 heavy (non-hydrogen) atoms. The number of carboxylic acid groups (broad SMARTS) is 1. The highest BCUT2D eigenvalue weighted by Gasteiger charge is 2.19. The third-order valence-corrected chi connectivity index (χ3v) is 4.26. The molecule has 2 N–H and O–H groups in total. The minimum atomic E-state index is -1.02. The van der Waals surface area contributed by atoms with E-state index in [0.717, 1.165) is 51.3 Å². The zero-order chi connectivity index (χ0) is 17.5. The van der Waals surface area contributed by atoms with Gasteiger partial charge in [-0.05, 0) is 37.6 Å². The Balaban J connectivity index is 2.11. The van der Waals surface area contributed by atoms with Gasteiger partial charge in [-0.2, -0.15) is 0 Å². The van der Waals surface area contributed by atoms with Gasteiger partial charge in [0.25, 0.3) is 0 Å². The molecule has 0 aromatic heterocycles. The minimum absolute atomic E-state index is 0.146. The monoisotopic (exact) mass is 333 g/mol. The van der Waals surface area contributed by atoms with Gasteiger partial charge in [-0.1, -0.05) is 13.8 Å². The molecule has 1 saturated heterocycles. The third kappa shape index (κ3) is 4.71. The second-order valence-electron chi connectivity index (χ2n) is 6.16. The fraction of sp³-hybridized carbons (Fsp3) is 0.556. The number of piperazine rings is 1. The average Bonchev–Trinajstić information content (AvgIpc) is 2.56. The molecule has 0 radical (unpaired) electrons. The van der Waals surface area contributed by atoms with Crippen molar-refractivity contribution >= 4 is 23.3 Å². The maximum absolute atomic E-state index is 11.8. The molecule has 0 saturated carbocycles. The second-order valence-corrected chi connectivity index (χ2v) is 6.16. The Labute approximate surface area is 143 Å². The van der Waals surface area contributed by atoms with Crippen LogP contribution in [0.15, 0.2) is 18.2 Å². The quantitative estimate of drug-likeness (QED) is 0.802. The van der Waals surface area contributed by atoms with Crippen molar-refractivity contribution in [1.82, 2.24) is 4.90 Å². The van der Waals surface area contributed by atoms with Crippen LogP contribution in [0.2, 0.25) is 0 Å². The summed E-state index contributed by atoms with van der Waals surface area (Å²) in [7, 11) is 0. The summed E-state index contributed by atoms with van der Waals surface area (Å²) in [5.41, 5.74) is 1.42. The van der Waals surface area contributed by atoms with Gasteiger partial charge in [0.2, 0.25) is 5.91 Å². The second kappa shape index (κ2) is 8.68. The van der Waals surface area contributed by atoms with Gasteiger partial charge in [-0.25, -0.2) is 4.79 Å². The van der Waals surface area contributed by atoms with Gasteiger partial charge < -0.3 is 15.3 Å². The predicted molar refractivity (Wildman–Crippen MR) is 95.9 cm³/mol. The van der Waals surface area contributed by atoms with Gasteiger partial charge in [0.15, 0.2) is 0 Å². The van der Waals surface area contributed by atoms with Crippen LogP contribution in [-0.4, -0.2) is 54.6 Å². The number of hydrogen-bond acceptors (Lipinski definition) is 4. The van der Waals surface area contributed by atoms with E-state index < -0.39 is 5.97 Å². The van der Waals surface area contributed by atoms with Gasteiger partial charge in [0.1, 0.15) is 0 Å². The number of nitrogens with zero attached hydrogens (tertiary/aromatic N) is 2. The Morgan fingerprint density at radius 2 is 1.83 bits per heavy atom. The summed E-state index contributed by atoms with van der Waals surface area (Å²) in [4.78, 5) is 27.9. The van der Waals surface area contributed by atoms with Crippen molar-refractivity contribution in [2.75, 3.05) is 42.9 Å². The fourth-order valence-electron chi connectivity index (χ4n) is 3.00. The maximum atomic E-state index is 11.8. The molecule has 0 atom stereocenters. The molecule has 0 bridgehead atoms. The first kappa shape index (κ1) is 18.3. The van der Waals surface area contributed by atoms with Crippen LogP contribution < -0.4 is 10.2 Å². The van der Waals surface area contributed by atoms with Gasteiger partial charge in [0.05, 0.1) is 11.3 Å². The maximum Gasteiger partial charge on any atom is 0.337 e. The Hall–Kier alpha value is -2.08. The zero-order valence-corrected chi connectivity index (χ0v) is 14.5. The third-order valence-electron chi connectivity index (χ3n) is 4.26. The predicted octanol–water partition coefficient (Wildman–Crippen LogP) is 2.66. The van der Waals surface area contributed by atoms with Crippen LogP contribution >= 0.6 is 0 Å². The lowest BCUT2D eigenvalue weighted by atomic mass is 10.1. The number of rotatable bonds is 7. The lowest BCUT2D eigenvalue weighted by Crippen LogP contribution is -2.46. The number of carbonyl (C=O) groups is 2. The Morgan fingerprint density at radius 3 is 2.42 bits per heavy atom. The average molecular weight is 333 g/mol. The molecule has 1 amide bonds. The minimum Gasteiger partial charge on any atom is -0.478 e. The first-order valence-corrected chi connectivity index (χ1v) is 8.69. The van der Waals surface area contributed by atoms with Crippen molar-refractivity contribution in [3.8, 4) is 0 Å². The molecule has 0 unspecified atom stereocenters. The largest absolute Gasteiger partial charge is 0.478 e. The van der Waals surface area contributed by atoms with Crippen LogP contribution in [0.25, 0.3) is 0 Å². The van der Waals surface area contributed by atoms with Crippen LogP contribution in [0.5, 0.6) is 0 Å². The molecule has 1 aliphatic heterocycles. The molecular weight excluding hydrogens is 306 g/mol. The van der Waals surface area contributed by atoms with Crippen molar-refractivity contribution in [3.05, 3.63) is 23.8 Å². The van der Waals surface area contributed by atoms with E-state index in [4.69, 9.17) is 0 Å². The summed E-state index contributed by atoms with van der Waals surface area (Å²) in [5, 5.41) is 12.2.